The Hall–Kier alpha value is -1.63. The summed E-state index contributed by atoms with van der Waals surface area (Å²) in [5.41, 5.74) is 1.12. The molecule has 1 aromatic rings. The van der Waals surface area contributed by atoms with Gasteiger partial charge in [0.15, 0.2) is 0 Å². The number of carbonyl (C=O) groups is 1. The number of rotatable bonds is 7. The summed E-state index contributed by atoms with van der Waals surface area (Å²) in [5.74, 6) is 0.973. The summed E-state index contributed by atoms with van der Waals surface area (Å²) in [6, 6.07) is 8.91. The summed E-state index contributed by atoms with van der Waals surface area (Å²) >= 11 is 0. The highest BCUT2D eigenvalue weighted by molar-refractivity contribution is 5.78. The Bertz CT molecular complexity index is 622. The number of para-hydroxylation sites is 1. The van der Waals surface area contributed by atoms with E-state index < -0.39 is 0 Å². The van der Waals surface area contributed by atoms with Crippen LogP contribution in [0.5, 0.6) is 5.75 Å². The van der Waals surface area contributed by atoms with Gasteiger partial charge in [-0.1, -0.05) is 18.2 Å². The van der Waals surface area contributed by atoms with Gasteiger partial charge in [-0.05, 0) is 51.4 Å². The van der Waals surface area contributed by atoms with E-state index in [2.05, 4.69) is 29.2 Å². The van der Waals surface area contributed by atoms with Gasteiger partial charge in [-0.25, -0.2) is 0 Å². The first-order valence-electron chi connectivity index (χ1n) is 9.99. The van der Waals surface area contributed by atoms with Crippen molar-refractivity contribution in [2.45, 2.75) is 43.9 Å². The molecular formula is C21H33N3O3. The standard InChI is InChI=1S/C21H33N3O3/c1-23(2)17-8-9-18-20(14-17)27-13-12-24(18)15-21(25)22-11-10-16-6-4-5-7-19(16)26-3/h4-7,17-18,20H,8-15H2,1-3H3,(H,22,25). The minimum Gasteiger partial charge on any atom is -0.496 e. The van der Waals surface area contributed by atoms with Crippen LogP contribution in [-0.4, -0.2) is 81.3 Å². The number of nitrogens with one attached hydrogen (secondary N) is 1. The SMILES string of the molecule is COc1ccccc1CCNC(=O)CN1CCOC2CC(N(C)C)CCC21. The van der Waals surface area contributed by atoms with Crippen LogP contribution >= 0.6 is 0 Å². The summed E-state index contributed by atoms with van der Waals surface area (Å²) in [4.78, 5) is 17.1. The van der Waals surface area contributed by atoms with Crippen LogP contribution in [0.1, 0.15) is 24.8 Å². The normalized spacial score (nSPS) is 25.9. The number of ether oxygens (including phenoxy) is 2. The molecule has 0 radical (unpaired) electrons. The van der Waals surface area contributed by atoms with Crippen molar-refractivity contribution in [2.75, 3.05) is 47.4 Å². The van der Waals surface area contributed by atoms with Crippen LogP contribution in [0.15, 0.2) is 24.3 Å². The maximum Gasteiger partial charge on any atom is 0.234 e. The van der Waals surface area contributed by atoms with Crippen LogP contribution in [0.25, 0.3) is 0 Å². The number of fused-ring (bicyclic) bond motifs is 1. The van der Waals surface area contributed by atoms with Gasteiger partial charge in [0.2, 0.25) is 5.91 Å². The second-order valence-electron chi connectivity index (χ2n) is 7.79. The number of methoxy groups -OCH3 is 1. The van der Waals surface area contributed by atoms with E-state index in [1.54, 1.807) is 7.11 Å². The Morgan fingerprint density at radius 1 is 1.33 bits per heavy atom. The van der Waals surface area contributed by atoms with E-state index in [0.29, 0.717) is 25.2 Å². The predicted molar refractivity (Wildman–Crippen MR) is 106 cm³/mol. The molecule has 1 N–H and O–H groups in total. The molecule has 1 saturated heterocycles. The summed E-state index contributed by atoms with van der Waals surface area (Å²) in [6.45, 7) is 2.65. The van der Waals surface area contributed by atoms with E-state index >= 15 is 0 Å². The molecule has 3 unspecified atom stereocenters. The predicted octanol–water partition coefficient (Wildman–Crippen LogP) is 1.54. The van der Waals surface area contributed by atoms with Gasteiger partial charge in [0.05, 0.1) is 26.4 Å². The zero-order chi connectivity index (χ0) is 19.2. The van der Waals surface area contributed by atoms with Gasteiger partial charge in [0, 0.05) is 25.2 Å². The van der Waals surface area contributed by atoms with E-state index in [9.17, 15) is 4.79 Å². The van der Waals surface area contributed by atoms with Crippen molar-refractivity contribution in [2.24, 2.45) is 0 Å². The number of carbonyl (C=O) groups excluding carboxylic acids is 1. The molecule has 0 bridgehead atoms. The maximum atomic E-state index is 12.5. The van der Waals surface area contributed by atoms with Crippen molar-refractivity contribution < 1.29 is 14.3 Å². The van der Waals surface area contributed by atoms with Gasteiger partial charge in [-0.2, -0.15) is 0 Å². The van der Waals surface area contributed by atoms with Crippen molar-refractivity contribution in [1.82, 2.24) is 15.1 Å². The average Bonchev–Trinajstić information content (AvgIpc) is 2.68. The topological polar surface area (TPSA) is 54.0 Å². The highest BCUT2D eigenvalue weighted by atomic mass is 16.5. The van der Waals surface area contributed by atoms with Crippen LogP contribution < -0.4 is 10.1 Å². The zero-order valence-electron chi connectivity index (χ0n) is 16.8. The van der Waals surface area contributed by atoms with Crippen molar-refractivity contribution in [3.63, 3.8) is 0 Å². The van der Waals surface area contributed by atoms with E-state index in [0.717, 1.165) is 43.7 Å². The zero-order valence-corrected chi connectivity index (χ0v) is 16.8. The van der Waals surface area contributed by atoms with Gasteiger partial charge in [0.25, 0.3) is 0 Å². The maximum absolute atomic E-state index is 12.5. The Balaban J connectivity index is 1.46. The minimum absolute atomic E-state index is 0.0975. The Morgan fingerprint density at radius 3 is 2.93 bits per heavy atom. The molecule has 0 spiro atoms. The number of hydrogen-bond acceptors (Lipinski definition) is 5. The molecule has 1 amide bonds. The first-order valence-corrected chi connectivity index (χ1v) is 9.99. The van der Waals surface area contributed by atoms with Crippen molar-refractivity contribution in [1.29, 1.82) is 0 Å². The highest BCUT2D eigenvalue weighted by Gasteiger charge is 2.38. The van der Waals surface area contributed by atoms with Crippen LogP contribution in [0.2, 0.25) is 0 Å². The summed E-state index contributed by atoms with van der Waals surface area (Å²) in [5, 5.41) is 3.07. The van der Waals surface area contributed by atoms with Crippen molar-refractivity contribution >= 4 is 5.91 Å². The summed E-state index contributed by atoms with van der Waals surface area (Å²) in [7, 11) is 5.96. The molecule has 1 aliphatic carbocycles. The minimum atomic E-state index is 0.0975. The molecule has 3 atom stereocenters. The first-order chi connectivity index (χ1) is 13.1. The molecule has 6 heteroatoms. The van der Waals surface area contributed by atoms with Crippen LogP contribution in [-0.2, 0) is 16.0 Å². The monoisotopic (exact) mass is 375 g/mol. The van der Waals surface area contributed by atoms with Crippen molar-refractivity contribution in [3.8, 4) is 5.75 Å². The number of amides is 1. The van der Waals surface area contributed by atoms with Crippen LogP contribution in [0, 0.1) is 0 Å². The fourth-order valence-electron chi connectivity index (χ4n) is 4.33. The third kappa shape index (κ3) is 5.21. The molecule has 2 aliphatic rings. The van der Waals surface area contributed by atoms with Crippen LogP contribution in [0.3, 0.4) is 0 Å². The second-order valence-corrected chi connectivity index (χ2v) is 7.79. The lowest BCUT2D eigenvalue weighted by Gasteiger charge is -2.46. The molecule has 1 heterocycles. The Labute approximate surface area is 162 Å². The first kappa shape index (κ1) is 20.1. The van der Waals surface area contributed by atoms with Gasteiger partial charge >= 0.3 is 0 Å². The molecule has 6 nitrogen and oxygen atoms in total. The fraction of sp³-hybridized carbons (Fsp3) is 0.667. The molecular weight excluding hydrogens is 342 g/mol. The molecule has 1 aromatic carbocycles. The Kier molecular flexibility index (Phi) is 7.10. The third-order valence-electron chi connectivity index (χ3n) is 5.89. The van der Waals surface area contributed by atoms with Crippen molar-refractivity contribution in [3.05, 3.63) is 29.8 Å². The smallest absolute Gasteiger partial charge is 0.234 e. The van der Waals surface area contributed by atoms with Gasteiger partial charge < -0.3 is 19.7 Å². The fourth-order valence-corrected chi connectivity index (χ4v) is 4.33. The number of hydrogen-bond donors (Lipinski definition) is 1. The number of nitrogens with zero attached hydrogens (tertiary/aromatic N) is 2. The lowest BCUT2D eigenvalue weighted by Crippen LogP contribution is -2.57. The largest absolute Gasteiger partial charge is 0.496 e. The molecule has 0 aromatic heterocycles. The van der Waals surface area contributed by atoms with E-state index in [1.807, 2.05) is 24.3 Å². The highest BCUT2D eigenvalue weighted by Crippen LogP contribution is 2.30. The second kappa shape index (κ2) is 9.53. The number of morpholine rings is 1. The molecule has 2 fully saturated rings. The lowest BCUT2D eigenvalue weighted by atomic mass is 9.86. The third-order valence-corrected chi connectivity index (χ3v) is 5.89. The number of benzene rings is 1. The summed E-state index contributed by atoms with van der Waals surface area (Å²) < 4.78 is 11.4. The molecule has 1 aliphatic heterocycles. The van der Waals surface area contributed by atoms with E-state index in [4.69, 9.17) is 9.47 Å². The van der Waals surface area contributed by atoms with Gasteiger partial charge in [-0.3, -0.25) is 9.69 Å². The summed E-state index contributed by atoms with van der Waals surface area (Å²) in [6.07, 6.45) is 4.35. The molecule has 27 heavy (non-hydrogen) atoms. The molecule has 150 valence electrons. The average molecular weight is 376 g/mol. The lowest BCUT2D eigenvalue weighted by molar-refractivity contribution is -0.131. The molecule has 1 saturated carbocycles. The Morgan fingerprint density at radius 2 is 2.15 bits per heavy atom. The van der Waals surface area contributed by atoms with Crippen LogP contribution in [0.4, 0.5) is 0 Å². The molecule has 3 rings (SSSR count). The van der Waals surface area contributed by atoms with E-state index in [-0.39, 0.29) is 12.0 Å². The quantitative estimate of drug-likeness (QED) is 0.783. The van der Waals surface area contributed by atoms with Gasteiger partial charge in [-0.15, -0.1) is 0 Å². The van der Waals surface area contributed by atoms with Gasteiger partial charge in [0.1, 0.15) is 5.75 Å². The van der Waals surface area contributed by atoms with E-state index in [1.165, 1.54) is 6.42 Å².